The lowest BCUT2D eigenvalue weighted by molar-refractivity contribution is -0.131. The molecule has 1 N–H and O–H groups in total. The van der Waals surface area contributed by atoms with E-state index in [2.05, 4.69) is 5.32 Å². The van der Waals surface area contributed by atoms with Crippen molar-refractivity contribution in [3.63, 3.8) is 0 Å². The van der Waals surface area contributed by atoms with Crippen LogP contribution >= 0.6 is 0 Å². The van der Waals surface area contributed by atoms with Crippen LogP contribution in [0.3, 0.4) is 0 Å². The van der Waals surface area contributed by atoms with Gasteiger partial charge in [-0.2, -0.15) is 0 Å². The molecule has 3 atom stereocenters. The minimum absolute atomic E-state index is 0.0789. The normalized spacial score (nSPS) is 19.9. The molecule has 0 bridgehead atoms. The molecule has 9 nitrogen and oxygen atoms in total. The molecular formula is C32H41F2N3O6. The quantitative estimate of drug-likeness (QED) is 0.413. The molecule has 43 heavy (non-hydrogen) atoms. The molecule has 1 aliphatic carbocycles. The number of amides is 3. The Morgan fingerprint density at radius 3 is 2.33 bits per heavy atom. The van der Waals surface area contributed by atoms with E-state index >= 15 is 0 Å². The molecule has 1 saturated carbocycles. The average molecular weight is 602 g/mol. The van der Waals surface area contributed by atoms with Crippen LogP contribution in [0, 0.1) is 11.6 Å². The van der Waals surface area contributed by atoms with E-state index in [1.165, 1.54) is 11.0 Å². The zero-order valence-electron chi connectivity index (χ0n) is 25.6. The summed E-state index contributed by atoms with van der Waals surface area (Å²) in [6, 6.07) is 10.4. The van der Waals surface area contributed by atoms with Gasteiger partial charge in [0.1, 0.15) is 30.2 Å². The summed E-state index contributed by atoms with van der Waals surface area (Å²) in [7, 11) is 0. The van der Waals surface area contributed by atoms with Crippen LogP contribution in [-0.4, -0.2) is 70.8 Å². The van der Waals surface area contributed by atoms with Crippen LogP contribution in [0.15, 0.2) is 42.5 Å². The van der Waals surface area contributed by atoms with Crippen LogP contribution in [0.1, 0.15) is 71.4 Å². The van der Waals surface area contributed by atoms with E-state index in [4.69, 9.17) is 14.2 Å². The van der Waals surface area contributed by atoms with Crippen molar-refractivity contribution in [2.45, 2.75) is 90.2 Å². The highest BCUT2D eigenvalue weighted by molar-refractivity contribution is 5.83. The van der Waals surface area contributed by atoms with E-state index in [1.807, 2.05) is 30.3 Å². The van der Waals surface area contributed by atoms with E-state index in [9.17, 15) is 23.2 Å². The molecule has 2 fully saturated rings. The molecule has 11 heteroatoms. The first-order valence-corrected chi connectivity index (χ1v) is 14.5. The topological polar surface area (TPSA) is 97.4 Å². The number of carbonyl (C=O) groups is 3. The first kappa shape index (κ1) is 32.0. The number of benzene rings is 2. The van der Waals surface area contributed by atoms with Gasteiger partial charge in [0, 0.05) is 36.7 Å². The monoisotopic (exact) mass is 601 g/mol. The van der Waals surface area contributed by atoms with Gasteiger partial charge in [0.15, 0.2) is 11.6 Å². The lowest BCUT2D eigenvalue weighted by Gasteiger charge is -2.29. The zero-order valence-corrected chi connectivity index (χ0v) is 25.6. The van der Waals surface area contributed by atoms with E-state index in [0.29, 0.717) is 24.9 Å². The number of carbonyl (C=O) groups excluding carboxylic acids is 3. The second kappa shape index (κ2) is 12.8. The standard InChI is InChI=1S/C32H41F2N3O6/c1-31(2,3)42-29(39)35-22-12-13-36(17-22)27(38)18-37(30(40)43-32(4,5)6)26-16-23(26)24-14-21(33)15-25(34)28(24)41-19-20-10-8-7-9-11-20/h7-11,14-15,22-23,26H,12-13,16-19H2,1-6H3,(H,35,39)/t22-,23-,26+/m0/s1. The Bertz CT molecular complexity index is 1320. The fraction of sp³-hybridized carbons (Fsp3) is 0.531. The van der Waals surface area contributed by atoms with Gasteiger partial charge in [0.2, 0.25) is 5.91 Å². The minimum Gasteiger partial charge on any atom is -0.486 e. The molecule has 2 aromatic rings. The largest absolute Gasteiger partial charge is 0.486 e. The summed E-state index contributed by atoms with van der Waals surface area (Å²) in [5.74, 6) is -2.46. The third-order valence-electron chi connectivity index (χ3n) is 7.02. The number of halogens is 2. The molecule has 0 aromatic heterocycles. The van der Waals surface area contributed by atoms with Gasteiger partial charge in [-0.15, -0.1) is 0 Å². The van der Waals surface area contributed by atoms with E-state index < -0.39 is 47.0 Å². The molecule has 1 heterocycles. The van der Waals surface area contributed by atoms with Crippen LogP contribution < -0.4 is 10.1 Å². The van der Waals surface area contributed by atoms with Gasteiger partial charge in [-0.3, -0.25) is 9.69 Å². The number of nitrogens with zero attached hydrogens (tertiary/aromatic N) is 2. The van der Waals surface area contributed by atoms with Crippen molar-refractivity contribution in [3.05, 3.63) is 65.2 Å². The fourth-order valence-corrected chi connectivity index (χ4v) is 5.06. The van der Waals surface area contributed by atoms with Gasteiger partial charge in [-0.05, 0) is 66.0 Å². The Morgan fingerprint density at radius 1 is 1.00 bits per heavy atom. The summed E-state index contributed by atoms with van der Waals surface area (Å²) in [6.07, 6.45) is -0.344. The summed E-state index contributed by atoms with van der Waals surface area (Å²) in [4.78, 5) is 41.8. The van der Waals surface area contributed by atoms with Gasteiger partial charge in [0.05, 0.1) is 6.04 Å². The Balaban J connectivity index is 1.48. The second-order valence-electron chi connectivity index (χ2n) is 13.1. The van der Waals surface area contributed by atoms with Crippen LogP contribution in [0.4, 0.5) is 18.4 Å². The van der Waals surface area contributed by atoms with Crippen LogP contribution in [0.25, 0.3) is 0 Å². The highest BCUT2D eigenvalue weighted by Crippen LogP contribution is 2.49. The van der Waals surface area contributed by atoms with Crippen LogP contribution in [-0.2, 0) is 20.9 Å². The number of nitrogens with one attached hydrogen (secondary N) is 1. The van der Waals surface area contributed by atoms with Crippen LogP contribution in [0.5, 0.6) is 5.75 Å². The molecule has 2 aromatic carbocycles. The van der Waals surface area contributed by atoms with Gasteiger partial charge in [-0.1, -0.05) is 30.3 Å². The van der Waals surface area contributed by atoms with Crippen molar-refractivity contribution in [1.82, 2.24) is 15.1 Å². The Hall–Kier alpha value is -3.89. The fourth-order valence-electron chi connectivity index (χ4n) is 5.06. The van der Waals surface area contributed by atoms with Gasteiger partial charge < -0.3 is 24.4 Å². The zero-order chi connectivity index (χ0) is 31.5. The van der Waals surface area contributed by atoms with Crippen molar-refractivity contribution < 1.29 is 37.4 Å². The Kier molecular flexibility index (Phi) is 9.51. The number of alkyl carbamates (subject to hydrolysis) is 1. The summed E-state index contributed by atoms with van der Waals surface area (Å²) in [6.45, 7) is 10.9. The lowest BCUT2D eigenvalue weighted by Crippen LogP contribution is -2.46. The van der Waals surface area contributed by atoms with Crippen LogP contribution in [0.2, 0.25) is 0 Å². The van der Waals surface area contributed by atoms with Crippen molar-refractivity contribution >= 4 is 18.1 Å². The minimum atomic E-state index is -0.836. The van der Waals surface area contributed by atoms with Crippen molar-refractivity contribution in [2.75, 3.05) is 19.6 Å². The molecule has 1 aliphatic heterocycles. The molecule has 0 radical (unpaired) electrons. The Morgan fingerprint density at radius 2 is 1.67 bits per heavy atom. The highest BCUT2D eigenvalue weighted by atomic mass is 19.1. The maximum atomic E-state index is 15.0. The number of rotatable bonds is 8. The molecule has 0 unspecified atom stereocenters. The van der Waals surface area contributed by atoms with E-state index in [1.54, 1.807) is 46.4 Å². The molecule has 4 rings (SSSR count). The Labute approximate surface area is 251 Å². The summed E-state index contributed by atoms with van der Waals surface area (Å²) in [5, 5.41) is 2.79. The number of likely N-dealkylation sites (tertiary alicyclic amines) is 1. The van der Waals surface area contributed by atoms with Gasteiger partial charge >= 0.3 is 12.2 Å². The first-order valence-electron chi connectivity index (χ1n) is 14.5. The molecule has 2 aliphatic rings. The average Bonchev–Trinajstić information content (AvgIpc) is 3.53. The van der Waals surface area contributed by atoms with Crippen molar-refractivity contribution in [3.8, 4) is 5.75 Å². The molecular weight excluding hydrogens is 560 g/mol. The number of ether oxygens (including phenoxy) is 3. The SMILES string of the molecule is CC(C)(C)OC(=O)N[C@H]1CCN(C(=O)CN(C(=O)OC(C)(C)C)[C@@H]2C[C@H]2c2cc(F)cc(F)c2OCc2ccccc2)C1. The maximum absolute atomic E-state index is 15.0. The van der Waals surface area contributed by atoms with Crippen molar-refractivity contribution in [2.24, 2.45) is 0 Å². The molecule has 0 spiro atoms. The smallest absolute Gasteiger partial charge is 0.411 e. The maximum Gasteiger partial charge on any atom is 0.411 e. The predicted octanol–water partition coefficient (Wildman–Crippen LogP) is 5.76. The van der Waals surface area contributed by atoms with Crippen molar-refractivity contribution in [1.29, 1.82) is 0 Å². The van der Waals surface area contributed by atoms with Gasteiger partial charge in [-0.25, -0.2) is 18.4 Å². The molecule has 234 valence electrons. The molecule has 3 amide bonds. The second-order valence-corrected chi connectivity index (χ2v) is 13.1. The van der Waals surface area contributed by atoms with E-state index in [-0.39, 0.29) is 37.4 Å². The van der Waals surface area contributed by atoms with Gasteiger partial charge in [0.25, 0.3) is 0 Å². The molecule has 1 saturated heterocycles. The third-order valence-corrected chi connectivity index (χ3v) is 7.02. The number of hydrogen-bond acceptors (Lipinski definition) is 6. The first-order chi connectivity index (χ1) is 20.1. The summed E-state index contributed by atoms with van der Waals surface area (Å²) >= 11 is 0. The predicted molar refractivity (Wildman–Crippen MR) is 156 cm³/mol. The summed E-state index contributed by atoms with van der Waals surface area (Å²) in [5.41, 5.74) is -0.365. The lowest BCUT2D eigenvalue weighted by atomic mass is 10.1. The summed E-state index contributed by atoms with van der Waals surface area (Å²) < 4.78 is 46.1. The van der Waals surface area contributed by atoms with E-state index in [0.717, 1.165) is 11.6 Å². The highest BCUT2D eigenvalue weighted by Gasteiger charge is 2.49. The number of hydrogen-bond donors (Lipinski definition) is 1. The third kappa shape index (κ3) is 9.05.